The van der Waals surface area contributed by atoms with Crippen LogP contribution in [0.2, 0.25) is 0 Å². The van der Waals surface area contributed by atoms with Crippen LogP contribution in [0.5, 0.6) is 0 Å². The van der Waals surface area contributed by atoms with Gasteiger partial charge in [-0.2, -0.15) is 0 Å². The summed E-state index contributed by atoms with van der Waals surface area (Å²) in [6.45, 7) is 2.07. The van der Waals surface area contributed by atoms with Crippen molar-refractivity contribution in [1.82, 2.24) is 0 Å². The van der Waals surface area contributed by atoms with Crippen molar-refractivity contribution in [2.24, 2.45) is 11.7 Å². The Morgan fingerprint density at radius 3 is 3.07 bits per heavy atom. The van der Waals surface area contributed by atoms with Crippen LogP contribution in [0.1, 0.15) is 22.6 Å². The second-order valence-electron chi connectivity index (χ2n) is 3.73. The third kappa shape index (κ3) is 3.67. The lowest BCUT2D eigenvalue weighted by atomic mass is 10.4. The molecule has 2 nitrogen and oxygen atoms in total. The topological polar surface area (TPSA) is 35.2 Å². The van der Waals surface area contributed by atoms with Gasteiger partial charge in [-0.05, 0) is 30.9 Å². The third-order valence-electron chi connectivity index (χ3n) is 2.27. The highest BCUT2D eigenvalue weighted by Crippen LogP contribution is 2.29. The molecule has 0 unspecified atom stereocenters. The summed E-state index contributed by atoms with van der Waals surface area (Å²) in [6, 6.07) is 4.11. The molecular weight excluding hydrogens is 206 g/mol. The Labute approximate surface area is 94.4 Å². The molecule has 0 aromatic carbocycles. The Morgan fingerprint density at radius 1 is 1.47 bits per heavy atom. The fourth-order valence-electron chi connectivity index (χ4n) is 1.27. The van der Waals surface area contributed by atoms with E-state index in [4.69, 9.17) is 10.5 Å². The summed E-state index contributed by atoms with van der Waals surface area (Å²) < 4.78 is 5.60. The molecule has 0 amide bonds. The van der Waals surface area contributed by atoms with Crippen molar-refractivity contribution < 1.29 is 4.74 Å². The fourth-order valence-corrected chi connectivity index (χ4v) is 2.09. The number of ether oxygens (including phenoxy) is 1. The summed E-state index contributed by atoms with van der Waals surface area (Å²) in [4.78, 5) is 2.32. The van der Waals surface area contributed by atoms with Gasteiger partial charge in [-0.15, -0.1) is 11.3 Å². The Bertz CT molecular complexity index is 370. The predicted molar refractivity (Wildman–Crippen MR) is 62.6 cm³/mol. The Morgan fingerprint density at radius 2 is 2.33 bits per heavy atom. The van der Waals surface area contributed by atoms with E-state index in [1.165, 1.54) is 17.7 Å². The zero-order valence-corrected chi connectivity index (χ0v) is 9.48. The summed E-state index contributed by atoms with van der Waals surface area (Å²) in [5, 5.41) is 0. The van der Waals surface area contributed by atoms with E-state index in [1.807, 2.05) is 6.07 Å². The molecule has 80 valence electrons. The van der Waals surface area contributed by atoms with E-state index in [-0.39, 0.29) is 0 Å². The lowest BCUT2D eigenvalue weighted by molar-refractivity contribution is 0.113. The monoisotopic (exact) mass is 221 g/mol. The maximum atomic E-state index is 5.60. The average molecular weight is 221 g/mol. The molecule has 1 aromatic rings. The number of thiophene rings is 1. The van der Waals surface area contributed by atoms with E-state index >= 15 is 0 Å². The van der Waals surface area contributed by atoms with Crippen molar-refractivity contribution in [1.29, 1.82) is 0 Å². The van der Waals surface area contributed by atoms with Gasteiger partial charge < -0.3 is 10.5 Å². The van der Waals surface area contributed by atoms with E-state index in [9.17, 15) is 0 Å². The zero-order valence-electron chi connectivity index (χ0n) is 8.66. The summed E-state index contributed by atoms with van der Waals surface area (Å²) in [5.74, 6) is 6.71. The van der Waals surface area contributed by atoms with Crippen molar-refractivity contribution in [2.75, 3.05) is 13.2 Å². The van der Waals surface area contributed by atoms with Gasteiger partial charge in [-0.3, -0.25) is 0 Å². The molecule has 2 N–H and O–H groups in total. The molecule has 3 heteroatoms. The van der Waals surface area contributed by atoms with Crippen LogP contribution in [0, 0.1) is 17.8 Å². The maximum absolute atomic E-state index is 5.60. The molecule has 1 aliphatic rings. The maximum Gasteiger partial charge on any atom is 0.0809 e. The first-order valence-electron chi connectivity index (χ1n) is 5.24. The van der Waals surface area contributed by atoms with Crippen LogP contribution >= 0.6 is 11.3 Å². The van der Waals surface area contributed by atoms with E-state index < -0.39 is 0 Å². The molecule has 1 aliphatic carbocycles. The molecule has 0 radical (unpaired) electrons. The molecule has 1 fully saturated rings. The Balaban J connectivity index is 1.77. The summed E-state index contributed by atoms with van der Waals surface area (Å²) in [6.07, 6.45) is 2.69. The molecule has 0 spiro atoms. The second kappa shape index (κ2) is 5.32. The van der Waals surface area contributed by atoms with Gasteiger partial charge in [0.1, 0.15) is 0 Å². The first-order valence-corrected chi connectivity index (χ1v) is 6.05. The molecule has 0 atom stereocenters. The second-order valence-corrected chi connectivity index (χ2v) is 4.90. The Kier molecular flexibility index (Phi) is 3.79. The van der Waals surface area contributed by atoms with Gasteiger partial charge in [0.25, 0.3) is 0 Å². The molecular formula is C12H15NOS. The average Bonchev–Trinajstić information content (AvgIpc) is 2.95. The van der Waals surface area contributed by atoms with Gasteiger partial charge in [0, 0.05) is 11.5 Å². The van der Waals surface area contributed by atoms with Crippen molar-refractivity contribution >= 4 is 11.3 Å². The minimum absolute atomic E-state index is 0.422. The minimum Gasteiger partial charge on any atom is -0.376 e. The molecule has 1 saturated carbocycles. The number of rotatable bonds is 4. The first kappa shape index (κ1) is 10.7. The van der Waals surface area contributed by atoms with Crippen LogP contribution in [0.4, 0.5) is 0 Å². The van der Waals surface area contributed by atoms with Gasteiger partial charge in [0.15, 0.2) is 0 Å². The molecule has 2 rings (SSSR count). The van der Waals surface area contributed by atoms with Gasteiger partial charge in [0.2, 0.25) is 0 Å². The van der Waals surface area contributed by atoms with Crippen LogP contribution in [0.3, 0.4) is 0 Å². The van der Waals surface area contributed by atoms with E-state index in [0.717, 1.165) is 24.0 Å². The van der Waals surface area contributed by atoms with Crippen LogP contribution < -0.4 is 5.73 Å². The molecule has 15 heavy (non-hydrogen) atoms. The number of hydrogen-bond donors (Lipinski definition) is 1. The van der Waals surface area contributed by atoms with Crippen LogP contribution in [-0.2, 0) is 11.3 Å². The standard InChI is InChI=1S/C12H15NOS/c13-7-1-2-11-5-6-12(15-11)9-14-8-10-3-4-10/h5-6,10H,3-4,7-9,13H2. The lowest BCUT2D eigenvalue weighted by Crippen LogP contribution is -1.94. The highest BCUT2D eigenvalue weighted by Gasteiger charge is 2.21. The van der Waals surface area contributed by atoms with E-state index in [0.29, 0.717) is 6.54 Å². The van der Waals surface area contributed by atoms with Crippen LogP contribution in [-0.4, -0.2) is 13.2 Å². The predicted octanol–water partition coefficient (Wildman–Crippen LogP) is 1.98. The fraction of sp³-hybridized carbons (Fsp3) is 0.500. The largest absolute Gasteiger partial charge is 0.376 e. The van der Waals surface area contributed by atoms with Crippen LogP contribution in [0.15, 0.2) is 12.1 Å². The highest BCUT2D eigenvalue weighted by atomic mass is 32.1. The Hall–Kier alpha value is -0.820. The SMILES string of the molecule is NCC#Cc1ccc(COCC2CC2)s1. The van der Waals surface area contributed by atoms with Gasteiger partial charge >= 0.3 is 0 Å². The molecule has 0 saturated heterocycles. The number of nitrogens with two attached hydrogens (primary N) is 1. The van der Waals surface area contributed by atoms with E-state index in [2.05, 4.69) is 17.9 Å². The van der Waals surface area contributed by atoms with Crippen molar-refractivity contribution in [2.45, 2.75) is 19.4 Å². The minimum atomic E-state index is 0.422. The smallest absolute Gasteiger partial charge is 0.0809 e. The van der Waals surface area contributed by atoms with Gasteiger partial charge in [-0.1, -0.05) is 11.8 Å². The highest BCUT2D eigenvalue weighted by molar-refractivity contribution is 7.12. The lowest BCUT2D eigenvalue weighted by Gasteiger charge is -1.98. The summed E-state index contributed by atoms with van der Waals surface area (Å²) >= 11 is 1.69. The quantitative estimate of drug-likeness (QED) is 0.789. The molecule has 0 aliphatic heterocycles. The van der Waals surface area contributed by atoms with Crippen molar-refractivity contribution in [3.05, 3.63) is 21.9 Å². The third-order valence-corrected chi connectivity index (χ3v) is 3.24. The summed E-state index contributed by atoms with van der Waals surface area (Å²) in [7, 11) is 0. The first-order chi connectivity index (χ1) is 7.38. The van der Waals surface area contributed by atoms with E-state index in [1.54, 1.807) is 11.3 Å². The zero-order chi connectivity index (χ0) is 10.5. The molecule has 1 aromatic heterocycles. The normalized spacial score (nSPS) is 14.7. The number of hydrogen-bond acceptors (Lipinski definition) is 3. The molecule has 1 heterocycles. The summed E-state index contributed by atoms with van der Waals surface area (Å²) in [5.41, 5.74) is 5.31. The van der Waals surface area contributed by atoms with Gasteiger partial charge in [0.05, 0.1) is 18.0 Å². The van der Waals surface area contributed by atoms with Crippen molar-refractivity contribution in [3.8, 4) is 11.8 Å². The molecule has 0 bridgehead atoms. The van der Waals surface area contributed by atoms with Gasteiger partial charge in [-0.25, -0.2) is 0 Å². The van der Waals surface area contributed by atoms with Crippen molar-refractivity contribution in [3.63, 3.8) is 0 Å². The van der Waals surface area contributed by atoms with Crippen LogP contribution in [0.25, 0.3) is 0 Å².